The molecule has 2 heterocycles. The quantitative estimate of drug-likeness (QED) is 0.731. The van der Waals surface area contributed by atoms with E-state index in [9.17, 15) is 5.11 Å². The van der Waals surface area contributed by atoms with Gasteiger partial charge in [0.1, 0.15) is 0 Å². The first-order valence-electron chi connectivity index (χ1n) is 9.65. The fourth-order valence-corrected chi connectivity index (χ4v) is 3.59. The molecule has 0 bridgehead atoms. The molecule has 2 atom stereocenters. The highest BCUT2D eigenvalue weighted by atomic mass is 16.5. The predicted octanol–water partition coefficient (Wildman–Crippen LogP) is 1.40. The lowest BCUT2D eigenvalue weighted by Crippen LogP contribution is -2.49. The Morgan fingerprint density at radius 1 is 1.12 bits per heavy atom. The number of nitrogens with zero attached hydrogens (tertiary/aromatic N) is 2. The Bertz CT molecular complexity index is 471. The van der Waals surface area contributed by atoms with Gasteiger partial charge >= 0.3 is 0 Å². The van der Waals surface area contributed by atoms with Gasteiger partial charge in [-0.15, -0.1) is 0 Å². The highest BCUT2D eigenvalue weighted by Gasteiger charge is 2.20. The Balaban J connectivity index is 1.25. The molecule has 0 amide bonds. The summed E-state index contributed by atoms with van der Waals surface area (Å²) < 4.78 is 11.1. The molecule has 0 saturated carbocycles. The number of piperazine rings is 1. The van der Waals surface area contributed by atoms with Crippen molar-refractivity contribution in [1.82, 2.24) is 9.80 Å². The van der Waals surface area contributed by atoms with Gasteiger partial charge in [-0.25, -0.2) is 0 Å². The first kappa shape index (κ1) is 18.8. The molecule has 2 saturated heterocycles. The van der Waals surface area contributed by atoms with Gasteiger partial charge in [0, 0.05) is 45.9 Å². The van der Waals surface area contributed by atoms with Gasteiger partial charge in [0.15, 0.2) is 0 Å². The van der Waals surface area contributed by atoms with Crippen LogP contribution in [0.1, 0.15) is 18.4 Å². The summed E-state index contributed by atoms with van der Waals surface area (Å²) in [6, 6.07) is 10.7. The summed E-state index contributed by atoms with van der Waals surface area (Å²) in [7, 11) is 0. The van der Waals surface area contributed by atoms with Crippen molar-refractivity contribution in [3.8, 4) is 0 Å². The van der Waals surface area contributed by atoms with E-state index in [0.29, 0.717) is 19.8 Å². The second kappa shape index (κ2) is 10.2. The van der Waals surface area contributed by atoms with E-state index in [1.165, 1.54) is 5.56 Å². The monoisotopic (exact) mass is 348 g/mol. The van der Waals surface area contributed by atoms with E-state index in [1.54, 1.807) is 0 Å². The topological polar surface area (TPSA) is 45.2 Å². The Morgan fingerprint density at radius 3 is 2.60 bits per heavy atom. The van der Waals surface area contributed by atoms with E-state index in [1.807, 2.05) is 0 Å². The first-order valence-corrected chi connectivity index (χ1v) is 9.65. The van der Waals surface area contributed by atoms with Gasteiger partial charge in [-0.3, -0.25) is 4.90 Å². The van der Waals surface area contributed by atoms with E-state index in [2.05, 4.69) is 40.1 Å². The first-order chi connectivity index (χ1) is 12.3. The molecule has 140 valence electrons. The van der Waals surface area contributed by atoms with Crippen molar-refractivity contribution in [1.29, 1.82) is 0 Å². The molecule has 5 nitrogen and oxygen atoms in total. The lowest BCUT2D eigenvalue weighted by atomic mass is 10.1. The van der Waals surface area contributed by atoms with Crippen LogP contribution in [0.25, 0.3) is 0 Å². The number of aliphatic hydroxyl groups excluding tert-OH is 1. The van der Waals surface area contributed by atoms with Crippen LogP contribution in [0.5, 0.6) is 0 Å². The molecule has 2 unspecified atom stereocenters. The number of hydrogen-bond acceptors (Lipinski definition) is 5. The molecule has 0 spiro atoms. The fraction of sp³-hybridized carbons (Fsp3) is 0.700. The molecule has 25 heavy (non-hydrogen) atoms. The Labute approximate surface area is 151 Å². The molecule has 5 heteroatoms. The van der Waals surface area contributed by atoms with E-state index >= 15 is 0 Å². The predicted molar refractivity (Wildman–Crippen MR) is 98.8 cm³/mol. The number of hydrogen-bond donors (Lipinski definition) is 1. The second-order valence-corrected chi connectivity index (χ2v) is 7.20. The number of β-amino-alcohol motifs (C(OH)–C–C–N with tert-alkyl or cyclic N) is 1. The zero-order valence-electron chi connectivity index (χ0n) is 15.2. The maximum absolute atomic E-state index is 10.2. The molecule has 0 radical (unpaired) electrons. The van der Waals surface area contributed by atoms with Crippen molar-refractivity contribution in [2.75, 3.05) is 59.1 Å². The van der Waals surface area contributed by atoms with E-state index in [-0.39, 0.29) is 6.10 Å². The van der Waals surface area contributed by atoms with Crippen LogP contribution in [0.2, 0.25) is 0 Å². The molecule has 1 aromatic carbocycles. The Hall–Kier alpha value is -0.980. The third kappa shape index (κ3) is 6.68. The van der Waals surface area contributed by atoms with E-state index in [4.69, 9.17) is 9.47 Å². The highest BCUT2D eigenvalue weighted by Crippen LogP contribution is 2.12. The molecule has 1 aromatic rings. The highest BCUT2D eigenvalue weighted by molar-refractivity contribution is 5.14. The lowest BCUT2D eigenvalue weighted by molar-refractivity contribution is -0.0285. The minimum Gasteiger partial charge on any atom is -0.389 e. The van der Waals surface area contributed by atoms with Crippen molar-refractivity contribution in [2.45, 2.75) is 31.5 Å². The zero-order chi connectivity index (χ0) is 17.3. The van der Waals surface area contributed by atoms with Gasteiger partial charge < -0.3 is 19.5 Å². The van der Waals surface area contributed by atoms with Crippen LogP contribution in [-0.4, -0.2) is 86.2 Å². The molecule has 3 rings (SSSR count). The van der Waals surface area contributed by atoms with Crippen LogP contribution in [0.4, 0.5) is 0 Å². The Morgan fingerprint density at radius 2 is 1.88 bits per heavy atom. The molecular weight excluding hydrogens is 316 g/mol. The average Bonchev–Trinajstić information content (AvgIpc) is 3.15. The van der Waals surface area contributed by atoms with Crippen LogP contribution in [-0.2, 0) is 15.9 Å². The summed E-state index contributed by atoms with van der Waals surface area (Å²) >= 11 is 0. The van der Waals surface area contributed by atoms with Gasteiger partial charge in [0.25, 0.3) is 0 Å². The molecule has 0 aromatic heterocycles. The van der Waals surface area contributed by atoms with Crippen molar-refractivity contribution >= 4 is 0 Å². The number of benzene rings is 1. The van der Waals surface area contributed by atoms with Gasteiger partial charge in [-0.2, -0.15) is 0 Å². The summed E-state index contributed by atoms with van der Waals surface area (Å²) in [5.74, 6) is 0. The smallest absolute Gasteiger partial charge is 0.0900 e. The van der Waals surface area contributed by atoms with Crippen LogP contribution in [0.3, 0.4) is 0 Å². The van der Waals surface area contributed by atoms with E-state index in [0.717, 1.165) is 58.6 Å². The normalized spacial score (nSPS) is 23.8. The molecule has 0 aliphatic carbocycles. The second-order valence-electron chi connectivity index (χ2n) is 7.20. The molecule has 2 aliphatic rings. The van der Waals surface area contributed by atoms with Crippen LogP contribution in [0, 0.1) is 0 Å². The third-order valence-electron chi connectivity index (χ3n) is 5.13. The molecule has 2 aliphatic heterocycles. The lowest BCUT2D eigenvalue weighted by Gasteiger charge is -2.35. The summed E-state index contributed by atoms with van der Waals surface area (Å²) in [5.41, 5.74) is 1.41. The molecular formula is C20H32N2O3. The zero-order valence-corrected chi connectivity index (χ0v) is 15.2. The van der Waals surface area contributed by atoms with Crippen LogP contribution < -0.4 is 0 Å². The molecule has 2 fully saturated rings. The van der Waals surface area contributed by atoms with Crippen LogP contribution >= 0.6 is 0 Å². The number of aliphatic hydroxyl groups is 1. The van der Waals surface area contributed by atoms with Gasteiger partial charge in [-0.05, 0) is 24.8 Å². The summed E-state index contributed by atoms with van der Waals surface area (Å²) in [4.78, 5) is 4.86. The van der Waals surface area contributed by atoms with Gasteiger partial charge in [-0.1, -0.05) is 30.3 Å². The minimum absolute atomic E-state index is 0.236. The van der Waals surface area contributed by atoms with Gasteiger partial charge in [0.05, 0.1) is 25.4 Å². The molecule has 1 N–H and O–H groups in total. The van der Waals surface area contributed by atoms with Crippen molar-refractivity contribution in [2.24, 2.45) is 0 Å². The van der Waals surface area contributed by atoms with Crippen molar-refractivity contribution in [3.63, 3.8) is 0 Å². The number of rotatable bonds is 9. The third-order valence-corrected chi connectivity index (χ3v) is 5.13. The van der Waals surface area contributed by atoms with Crippen LogP contribution in [0.15, 0.2) is 30.3 Å². The number of ether oxygens (including phenoxy) is 2. The minimum atomic E-state index is -0.405. The van der Waals surface area contributed by atoms with E-state index < -0.39 is 6.10 Å². The summed E-state index contributed by atoms with van der Waals surface area (Å²) in [6.45, 7) is 7.91. The van der Waals surface area contributed by atoms with Gasteiger partial charge in [0.2, 0.25) is 0 Å². The average molecular weight is 348 g/mol. The van der Waals surface area contributed by atoms with Crippen molar-refractivity contribution < 1.29 is 14.6 Å². The SMILES string of the molecule is OC(COCC1CCCO1)CN1CCN(CCc2ccccc2)CC1. The maximum Gasteiger partial charge on any atom is 0.0900 e. The van der Waals surface area contributed by atoms with Crippen molar-refractivity contribution in [3.05, 3.63) is 35.9 Å². The summed E-state index contributed by atoms with van der Waals surface area (Å²) in [6.07, 6.45) is 3.16. The maximum atomic E-state index is 10.2. The standard InChI is InChI=1S/C20H32N2O3/c23-19(16-24-17-20-7-4-14-25-20)15-22-12-10-21(11-13-22)9-8-18-5-2-1-3-6-18/h1-3,5-6,19-20,23H,4,7-17H2. The fourth-order valence-electron chi connectivity index (χ4n) is 3.59. The largest absolute Gasteiger partial charge is 0.389 e. The Kier molecular flexibility index (Phi) is 7.70. The summed E-state index contributed by atoms with van der Waals surface area (Å²) in [5, 5.41) is 10.2.